The first-order valence-corrected chi connectivity index (χ1v) is 10.6. The van der Waals surface area contributed by atoms with Crippen LogP contribution in [-0.2, 0) is 10.0 Å². The first kappa shape index (κ1) is 20.7. The van der Waals surface area contributed by atoms with Gasteiger partial charge in [0, 0.05) is 64.1 Å². The SMILES string of the molecule is Cl.O=S(=O)(c1cnccc1N1CCN(CCCl)CC1)N1CCCCC1. The van der Waals surface area contributed by atoms with E-state index in [1.54, 1.807) is 10.5 Å². The Morgan fingerprint density at radius 1 is 1.04 bits per heavy atom. The summed E-state index contributed by atoms with van der Waals surface area (Å²) in [5.74, 6) is 0.629. The third kappa shape index (κ3) is 4.77. The Labute approximate surface area is 161 Å². The molecule has 2 fully saturated rings. The second-order valence-electron chi connectivity index (χ2n) is 6.33. The highest BCUT2D eigenvalue weighted by Crippen LogP contribution is 2.29. The molecular weight excluding hydrogens is 383 g/mol. The van der Waals surface area contributed by atoms with Gasteiger partial charge in [-0.1, -0.05) is 6.42 Å². The van der Waals surface area contributed by atoms with Crippen molar-refractivity contribution < 1.29 is 8.42 Å². The summed E-state index contributed by atoms with van der Waals surface area (Å²) in [7, 11) is -3.47. The van der Waals surface area contributed by atoms with E-state index in [0.29, 0.717) is 23.9 Å². The molecule has 0 saturated carbocycles. The molecule has 1 aromatic heterocycles. The van der Waals surface area contributed by atoms with E-state index in [4.69, 9.17) is 11.6 Å². The lowest BCUT2D eigenvalue weighted by Crippen LogP contribution is -2.47. The predicted octanol–water partition coefficient (Wildman–Crippen LogP) is 2.04. The Hall–Kier alpha value is -0.600. The third-order valence-corrected chi connectivity index (χ3v) is 6.89. The highest BCUT2D eigenvalue weighted by Gasteiger charge is 2.30. The van der Waals surface area contributed by atoms with Crippen molar-refractivity contribution in [2.45, 2.75) is 24.2 Å². The van der Waals surface area contributed by atoms with Crippen LogP contribution in [0.15, 0.2) is 23.4 Å². The molecule has 0 bridgehead atoms. The van der Waals surface area contributed by atoms with Gasteiger partial charge in [0.1, 0.15) is 4.90 Å². The Bertz CT molecular complexity index is 645. The van der Waals surface area contributed by atoms with Gasteiger partial charge in [-0.15, -0.1) is 24.0 Å². The monoisotopic (exact) mass is 408 g/mol. The number of rotatable bonds is 5. The van der Waals surface area contributed by atoms with Crippen molar-refractivity contribution in [2.24, 2.45) is 0 Å². The molecule has 2 aliphatic rings. The minimum Gasteiger partial charge on any atom is -0.368 e. The number of halogens is 2. The number of pyridine rings is 1. The summed E-state index contributed by atoms with van der Waals surface area (Å²) >= 11 is 5.81. The van der Waals surface area contributed by atoms with E-state index >= 15 is 0 Å². The second kappa shape index (κ2) is 9.37. The minimum atomic E-state index is -3.47. The number of aromatic nitrogens is 1. The summed E-state index contributed by atoms with van der Waals surface area (Å²) < 4.78 is 27.7. The molecule has 0 aromatic carbocycles. The Balaban J connectivity index is 0.00000225. The van der Waals surface area contributed by atoms with Gasteiger partial charge in [0.2, 0.25) is 10.0 Å². The molecule has 0 unspecified atom stereocenters. The van der Waals surface area contributed by atoms with Crippen LogP contribution in [-0.4, -0.2) is 74.3 Å². The third-order valence-electron chi connectivity index (χ3n) is 4.81. The van der Waals surface area contributed by atoms with Gasteiger partial charge < -0.3 is 4.90 Å². The van der Waals surface area contributed by atoms with E-state index in [1.807, 2.05) is 6.07 Å². The lowest BCUT2D eigenvalue weighted by molar-refractivity contribution is 0.272. The first-order valence-electron chi connectivity index (χ1n) is 8.60. The van der Waals surface area contributed by atoms with Crippen LogP contribution in [0.25, 0.3) is 0 Å². The minimum absolute atomic E-state index is 0. The van der Waals surface area contributed by atoms with Crippen LogP contribution in [0.2, 0.25) is 0 Å². The van der Waals surface area contributed by atoms with Crippen LogP contribution in [0.1, 0.15) is 19.3 Å². The van der Waals surface area contributed by atoms with Crippen LogP contribution in [0.4, 0.5) is 5.69 Å². The number of sulfonamides is 1. The zero-order valence-electron chi connectivity index (χ0n) is 14.3. The van der Waals surface area contributed by atoms with Gasteiger partial charge in [-0.3, -0.25) is 9.88 Å². The highest BCUT2D eigenvalue weighted by molar-refractivity contribution is 7.89. The molecule has 0 aliphatic carbocycles. The van der Waals surface area contributed by atoms with E-state index in [9.17, 15) is 8.42 Å². The molecular formula is C16H26Cl2N4O2S. The smallest absolute Gasteiger partial charge is 0.246 e. The first-order chi connectivity index (χ1) is 11.6. The zero-order chi connectivity index (χ0) is 17.0. The molecule has 1 aromatic rings. The van der Waals surface area contributed by atoms with Crippen molar-refractivity contribution in [3.63, 3.8) is 0 Å². The van der Waals surface area contributed by atoms with Gasteiger partial charge >= 0.3 is 0 Å². The van der Waals surface area contributed by atoms with Gasteiger partial charge in [-0.25, -0.2) is 8.42 Å². The molecule has 9 heteroatoms. The summed E-state index contributed by atoms with van der Waals surface area (Å²) in [4.78, 5) is 8.90. The standard InChI is InChI=1S/C16H25ClN4O2S.ClH/c17-5-9-19-10-12-20(13-11-19)15-4-6-18-14-16(15)24(22,23)21-7-2-1-3-8-21;/h4,6,14H,1-3,5,7-13H2;1H. The van der Waals surface area contributed by atoms with Gasteiger partial charge in [0.25, 0.3) is 0 Å². The summed E-state index contributed by atoms with van der Waals surface area (Å²) in [5.41, 5.74) is 0.779. The summed E-state index contributed by atoms with van der Waals surface area (Å²) in [6.07, 6.45) is 6.16. The molecule has 0 atom stereocenters. The molecule has 2 saturated heterocycles. The fourth-order valence-electron chi connectivity index (χ4n) is 3.41. The number of alkyl halides is 1. The Morgan fingerprint density at radius 2 is 1.72 bits per heavy atom. The van der Waals surface area contributed by atoms with E-state index in [2.05, 4.69) is 14.8 Å². The van der Waals surface area contributed by atoms with Crippen molar-refractivity contribution in [3.05, 3.63) is 18.5 Å². The van der Waals surface area contributed by atoms with Crippen molar-refractivity contribution in [2.75, 3.05) is 56.6 Å². The van der Waals surface area contributed by atoms with Crippen LogP contribution in [0.5, 0.6) is 0 Å². The average Bonchev–Trinajstić information content (AvgIpc) is 2.63. The van der Waals surface area contributed by atoms with E-state index < -0.39 is 10.0 Å². The van der Waals surface area contributed by atoms with Crippen LogP contribution < -0.4 is 4.90 Å². The quantitative estimate of drug-likeness (QED) is 0.697. The normalized spacial score (nSPS) is 20.3. The number of piperazine rings is 1. The van der Waals surface area contributed by atoms with Crippen molar-refractivity contribution in [1.29, 1.82) is 0 Å². The van der Waals surface area contributed by atoms with Gasteiger partial charge in [0.15, 0.2) is 0 Å². The van der Waals surface area contributed by atoms with Crippen molar-refractivity contribution >= 4 is 39.7 Å². The highest BCUT2D eigenvalue weighted by atomic mass is 35.5. The molecule has 142 valence electrons. The van der Waals surface area contributed by atoms with Crippen molar-refractivity contribution in [1.82, 2.24) is 14.2 Å². The van der Waals surface area contributed by atoms with Gasteiger partial charge in [-0.2, -0.15) is 4.31 Å². The van der Waals surface area contributed by atoms with E-state index in [0.717, 1.165) is 57.7 Å². The Kier molecular flexibility index (Phi) is 7.76. The lowest BCUT2D eigenvalue weighted by Gasteiger charge is -2.37. The largest absolute Gasteiger partial charge is 0.368 e. The van der Waals surface area contributed by atoms with Gasteiger partial charge in [-0.05, 0) is 18.9 Å². The Morgan fingerprint density at radius 3 is 2.36 bits per heavy atom. The molecule has 0 spiro atoms. The maximum atomic E-state index is 13.0. The zero-order valence-corrected chi connectivity index (χ0v) is 16.7. The summed E-state index contributed by atoms with van der Waals surface area (Å²) in [6.45, 7) is 5.52. The number of nitrogens with zero attached hydrogens (tertiary/aromatic N) is 4. The second-order valence-corrected chi connectivity index (χ2v) is 8.61. The molecule has 0 N–H and O–H groups in total. The van der Waals surface area contributed by atoms with E-state index in [-0.39, 0.29) is 12.4 Å². The fourth-order valence-corrected chi connectivity index (χ4v) is 5.32. The van der Waals surface area contributed by atoms with Crippen LogP contribution in [0, 0.1) is 0 Å². The maximum Gasteiger partial charge on any atom is 0.246 e. The van der Waals surface area contributed by atoms with Crippen LogP contribution >= 0.6 is 24.0 Å². The average molecular weight is 409 g/mol. The van der Waals surface area contributed by atoms with Crippen LogP contribution in [0.3, 0.4) is 0 Å². The number of hydrogen-bond acceptors (Lipinski definition) is 5. The van der Waals surface area contributed by atoms with Crippen molar-refractivity contribution in [3.8, 4) is 0 Å². The topological polar surface area (TPSA) is 56.8 Å². The van der Waals surface area contributed by atoms with Gasteiger partial charge in [0.05, 0.1) is 5.69 Å². The molecule has 25 heavy (non-hydrogen) atoms. The molecule has 2 aliphatic heterocycles. The lowest BCUT2D eigenvalue weighted by atomic mass is 10.2. The summed E-state index contributed by atoms with van der Waals surface area (Å²) in [6, 6.07) is 1.83. The molecule has 0 radical (unpaired) electrons. The summed E-state index contributed by atoms with van der Waals surface area (Å²) in [5, 5.41) is 0. The fraction of sp³-hybridized carbons (Fsp3) is 0.688. The maximum absolute atomic E-state index is 13.0. The molecule has 3 rings (SSSR count). The van der Waals surface area contributed by atoms with E-state index in [1.165, 1.54) is 6.20 Å². The molecule has 0 amide bonds. The number of anilines is 1. The molecule has 6 nitrogen and oxygen atoms in total. The predicted molar refractivity (Wildman–Crippen MR) is 103 cm³/mol. The number of hydrogen-bond donors (Lipinski definition) is 0. The number of piperidine rings is 1. The molecule has 3 heterocycles.